The highest BCUT2D eigenvalue weighted by Crippen LogP contribution is 2.30. The average molecular weight is 393 g/mol. The number of halogens is 5. The van der Waals surface area contributed by atoms with E-state index >= 15 is 0 Å². The minimum absolute atomic E-state index is 0.0162. The van der Waals surface area contributed by atoms with Gasteiger partial charge >= 0.3 is 12.3 Å². The molecule has 0 aliphatic heterocycles. The Morgan fingerprint density at radius 3 is 2.58 bits per heavy atom. The summed E-state index contributed by atoms with van der Waals surface area (Å²) in [4.78, 5) is 14.8. The van der Waals surface area contributed by atoms with Crippen molar-refractivity contribution in [2.75, 3.05) is 7.11 Å². The van der Waals surface area contributed by atoms with Crippen molar-refractivity contribution in [1.82, 2.24) is 4.98 Å². The van der Waals surface area contributed by atoms with Crippen LogP contribution >= 0.6 is 22.6 Å². The van der Waals surface area contributed by atoms with Crippen LogP contribution in [0.15, 0.2) is 6.07 Å². The summed E-state index contributed by atoms with van der Waals surface area (Å²) in [5.74, 6) is -1.28. The van der Waals surface area contributed by atoms with Gasteiger partial charge < -0.3 is 9.47 Å². The first kappa shape index (κ1) is 15.9. The Kier molecular flexibility index (Phi) is 5.32. The number of hydrogen-bond acceptors (Lipinski definition) is 4. The molecule has 0 aromatic carbocycles. The highest BCUT2D eigenvalue weighted by atomic mass is 127. The van der Waals surface area contributed by atoms with Crippen molar-refractivity contribution in [3.8, 4) is 5.75 Å². The molecule has 1 aromatic rings. The second-order valence-corrected chi connectivity index (χ2v) is 4.39. The van der Waals surface area contributed by atoms with E-state index in [1.54, 1.807) is 22.6 Å². The molecule has 0 radical (unpaired) electrons. The Morgan fingerprint density at radius 2 is 2.11 bits per heavy atom. The zero-order valence-electron chi connectivity index (χ0n) is 9.55. The average Bonchev–Trinajstić information content (AvgIpc) is 2.32. The fourth-order valence-electron chi connectivity index (χ4n) is 1.21. The molecule has 4 nitrogen and oxygen atoms in total. The van der Waals surface area contributed by atoms with Gasteiger partial charge in [-0.3, -0.25) is 9.78 Å². The predicted molar refractivity (Wildman–Crippen MR) is 64.2 cm³/mol. The summed E-state index contributed by atoms with van der Waals surface area (Å²) in [6.07, 6.45) is -5.27. The van der Waals surface area contributed by atoms with Crippen molar-refractivity contribution in [2.24, 2.45) is 0 Å². The van der Waals surface area contributed by atoms with E-state index in [2.05, 4.69) is 14.5 Å². The number of esters is 1. The third kappa shape index (κ3) is 4.80. The van der Waals surface area contributed by atoms with E-state index in [-0.39, 0.29) is 21.4 Å². The highest BCUT2D eigenvalue weighted by molar-refractivity contribution is 14.1. The van der Waals surface area contributed by atoms with E-state index in [1.165, 1.54) is 0 Å². The number of hydrogen-bond donors (Lipinski definition) is 0. The molecule has 106 valence electrons. The normalized spacial score (nSPS) is 11.3. The number of carbonyl (C=O) groups is 1. The molecule has 0 fully saturated rings. The highest BCUT2D eigenvalue weighted by Gasteiger charge is 2.33. The van der Waals surface area contributed by atoms with Gasteiger partial charge in [0.05, 0.1) is 28.5 Å². The van der Waals surface area contributed by atoms with Gasteiger partial charge in [-0.15, -0.1) is 13.2 Å². The number of aromatic nitrogens is 1. The monoisotopic (exact) mass is 393 g/mol. The molecule has 1 heterocycles. The first-order chi connectivity index (χ1) is 8.76. The molecule has 0 N–H and O–H groups in total. The van der Waals surface area contributed by atoms with Crippen LogP contribution < -0.4 is 4.74 Å². The number of carbonyl (C=O) groups excluding carboxylic acids is 1. The molecule has 1 aromatic heterocycles. The van der Waals surface area contributed by atoms with Gasteiger partial charge in [0.1, 0.15) is 12.4 Å². The molecule has 0 aliphatic carbocycles. The second-order valence-electron chi connectivity index (χ2n) is 3.31. The first-order valence-corrected chi connectivity index (χ1v) is 5.91. The SMILES string of the molecule is COC(=O)Cc1nc(CF)cc(OC(F)(F)F)c1I. The summed E-state index contributed by atoms with van der Waals surface area (Å²) in [5, 5.41) is 0. The second kappa shape index (κ2) is 6.35. The standard InChI is InChI=1S/C10H8F4INO3/c1-18-8(17)3-6-9(15)7(19-10(12,13)14)2-5(4-11)16-6/h2H,3-4H2,1H3. The van der Waals surface area contributed by atoms with E-state index in [4.69, 9.17) is 0 Å². The lowest BCUT2D eigenvalue weighted by atomic mass is 10.2. The molecule has 0 saturated carbocycles. The van der Waals surface area contributed by atoms with Crippen LogP contribution in [0.2, 0.25) is 0 Å². The molecular formula is C10H8F4INO3. The van der Waals surface area contributed by atoms with Gasteiger partial charge in [-0.1, -0.05) is 0 Å². The van der Waals surface area contributed by atoms with Crippen LogP contribution in [0.25, 0.3) is 0 Å². The van der Waals surface area contributed by atoms with Gasteiger partial charge in [0.2, 0.25) is 0 Å². The lowest BCUT2D eigenvalue weighted by Gasteiger charge is -2.13. The predicted octanol–water partition coefficient (Wildman–Crippen LogP) is 2.77. The minimum Gasteiger partial charge on any atom is -0.469 e. The zero-order valence-corrected chi connectivity index (χ0v) is 11.7. The molecule has 0 atom stereocenters. The number of alkyl halides is 4. The summed E-state index contributed by atoms with van der Waals surface area (Å²) in [6, 6.07) is 0.843. The number of rotatable bonds is 4. The molecule has 0 spiro atoms. The van der Waals surface area contributed by atoms with E-state index < -0.39 is 24.8 Å². The van der Waals surface area contributed by atoms with Crippen molar-refractivity contribution in [3.63, 3.8) is 0 Å². The summed E-state index contributed by atoms with van der Waals surface area (Å²) >= 11 is 1.55. The van der Waals surface area contributed by atoms with Crippen LogP contribution in [0.4, 0.5) is 17.6 Å². The number of nitrogens with zero attached hydrogens (tertiary/aromatic N) is 1. The Labute approximate surface area is 119 Å². The molecule has 0 unspecified atom stereocenters. The number of methoxy groups -OCH3 is 1. The molecule has 9 heteroatoms. The Morgan fingerprint density at radius 1 is 1.47 bits per heavy atom. The summed E-state index contributed by atoms with van der Waals surface area (Å²) in [7, 11) is 1.13. The van der Waals surface area contributed by atoms with Crippen LogP contribution in [0.5, 0.6) is 5.75 Å². The van der Waals surface area contributed by atoms with Crippen molar-refractivity contribution in [2.45, 2.75) is 19.5 Å². The molecule has 19 heavy (non-hydrogen) atoms. The summed E-state index contributed by atoms with van der Waals surface area (Å²) < 4.78 is 57.2. The van der Waals surface area contributed by atoms with Crippen molar-refractivity contribution in [3.05, 3.63) is 21.0 Å². The maximum absolute atomic E-state index is 12.6. The van der Waals surface area contributed by atoms with Crippen LogP contribution in [-0.2, 0) is 22.6 Å². The van der Waals surface area contributed by atoms with Gasteiger partial charge in [-0.2, -0.15) is 0 Å². The van der Waals surface area contributed by atoms with E-state index in [0.29, 0.717) is 0 Å². The third-order valence-electron chi connectivity index (χ3n) is 1.95. The van der Waals surface area contributed by atoms with Crippen LogP contribution in [0.3, 0.4) is 0 Å². The van der Waals surface area contributed by atoms with Gasteiger partial charge in [0.15, 0.2) is 0 Å². The number of ether oxygens (including phenoxy) is 2. The molecule has 0 aliphatic rings. The van der Waals surface area contributed by atoms with Crippen molar-refractivity contribution in [1.29, 1.82) is 0 Å². The van der Waals surface area contributed by atoms with Crippen molar-refractivity contribution >= 4 is 28.6 Å². The Hall–Kier alpha value is -1.13. The number of pyridine rings is 1. The fraction of sp³-hybridized carbons (Fsp3) is 0.400. The van der Waals surface area contributed by atoms with Gasteiger partial charge in [0.25, 0.3) is 0 Å². The fourth-order valence-corrected chi connectivity index (χ4v) is 1.78. The van der Waals surface area contributed by atoms with E-state index in [1.807, 2.05) is 0 Å². The van der Waals surface area contributed by atoms with Crippen LogP contribution in [-0.4, -0.2) is 24.4 Å². The zero-order chi connectivity index (χ0) is 14.6. The van der Waals surface area contributed by atoms with Gasteiger partial charge in [0, 0.05) is 6.07 Å². The lowest BCUT2D eigenvalue weighted by molar-refractivity contribution is -0.275. The molecular weight excluding hydrogens is 385 g/mol. The Balaban J connectivity index is 3.17. The molecule has 0 amide bonds. The van der Waals surface area contributed by atoms with Gasteiger partial charge in [-0.05, 0) is 22.6 Å². The first-order valence-electron chi connectivity index (χ1n) is 4.83. The molecule has 0 saturated heterocycles. The lowest BCUT2D eigenvalue weighted by Crippen LogP contribution is -2.19. The van der Waals surface area contributed by atoms with E-state index in [9.17, 15) is 22.4 Å². The van der Waals surface area contributed by atoms with Crippen molar-refractivity contribution < 1.29 is 31.8 Å². The van der Waals surface area contributed by atoms with Gasteiger partial charge in [-0.25, -0.2) is 4.39 Å². The molecule has 0 bridgehead atoms. The maximum Gasteiger partial charge on any atom is 0.573 e. The minimum atomic E-state index is -4.91. The smallest absolute Gasteiger partial charge is 0.469 e. The summed E-state index contributed by atoms with van der Waals surface area (Å²) in [5.41, 5.74) is -0.277. The summed E-state index contributed by atoms with van der Waals surface area (Å²) in [6.45, 7) is -1.07. The Bertz CT molecular complexity index is 479. The van der Waals surface area contributed by atoms with Crippen LogP contribution in [0.1, 0.15) is 11.4 Å². The largest absolute Gasteiger partial charge is 0.573 e. The van der Waals surface area contributed by atoms with E-state index in [0.717, 1.165) is 13.2 Å². The quantitative estimate of drug-likeness (QED) is 0.449. The third-order valence-corrected chi connectivity index (χ3v) is 3.10. The topological polar surface area (TPSA) is 48.4 Å². The maximum atomic E-state index is 12.6. The molecule has 1 rings (SSSR count). The van der Waals surface area contributed by atoms with Crippen LogP contribution in [0, 0.1) is 3.57 Å².